The Morgan fingerprint density at radius 3 is 2.63 bits per heavy atom. The molecule has 0 saturated heterocycles. The molecule has 0 aliphatic carbocycles. The number of carbonyl (C=O) groups excluding carboxylic acids is 1. The van der Waals surface area contributed by atoms with Crippen LogP contribution in [0.2, 0.25) is 0 Å². The normalized spacial score (nSPS) is 11.8. The van der Waals surface area contributed by atoms with Crippen molar-refractivity contribution < 1.29 is 17.9 Å². The minimum absolute atomic E-state index is 0.212. The first-order valence-electron chi connectivity index (χ1n) is 5.90. The third-order valence-corrected chi connectivity index (χ3v) is 3.94. The maximum Gasteiger partial charge on any atom is 0.360 e. The fraction of sp³-hybridized carbons (Fsp3) is 0.636. The zero-order valence-corrected chi connectivity index (χ0v) is 12.6. The van der Waals surface area contributed by atoms with Gasteiger partial charge in [0.2, 0.25) is 0 Å². The summed E-state index contributed by atoms with van der Waals surface area (Å²) in [5.41, 5.74) is -0.0822. The fourth-order valence-electron chi connectivity index (χ4n) is 1.58. The summed E-state index contributed by atoms with van der Waals surface area (Å²) in [6, 6.07) is 0. The second-order valence-corrected chi connectivity index (χ2v) is 7.14. The molecule has 1 aromatic heterocycles. The van der Waals surface area contributed by atoms with Crippen LogP contribution in [0, 0.1) is 12.8 Å². The number of aryl methyl sites for hydroxylation is 1. The first-order valence-corrected chi connectivity index (χ1v) is 8.21. The molecule has 108 valence electrons. The number of esters is 1. The number of nitrogens with zero attached hydrogens (tertiary/aromatic N) is 1. The van der Waals surface area contributed by atoms with E-state index >= 15 is 0 Å². The van der Waals surface area contributed by atoms with Gasteiger partial charge in [-0.2, -0.15) is 5.10 Å². The van der Waals surface area contributed by atoms with Crippen LogP contribution in [0.25, 0.3) is 0 Å². The molecule has 0 fully saturated rings. The van der Waals surface area contributed by atoms with Gasteiger partial charge in [-0.3, -0.25) is 5.10 Å². The summed E-state index contributed by atoms with van der Waals surface area (Å²) in [6.45, 7) is 5.83. The van der Waals surface area contributed by atoms with Crippen LogP contribution < -0.4 is 0 Å². The van der Waals surface area contributed by atoms with E-state index in [2.05, 4.69) is 24.0 Å². The maximum absolute atomic E-state index is 11.7. The van der Waals surface area contributed by atoms with Gasteiger partial charge in [0.25, 0.3) is 9.05 Å². The van der Waals surface area contributed by atoms with Crippen molar-refractivity contribution in [2.45, 2.75) is 38.5 Å². The van der Waals surface area contributed by atoms with E-state index in [0.717, 1.165) is 12.8 Å². The van der Waals surface area contributed by atoms with Crippen LogP contribution in [0.4, 0.5) is 0 Å². The van der Waals surface area contributed by atoms with Crippen LogP contribution in [0.5, 0.6) is 0 Å². The monoisotopic (exact) mass is 308 g/mol. The van der Waals surface area contributed by atoms with E-state index in [4.69, 9.17) is 15.4 Å². The highest BCUT2D eigenvalue weighted by Crippen LogP contribution is 2.22. The summed E-state index contributed by atoms with van der Waals surface area (Å²) < 4.78 is 27.7. The molecular weight excluding hydrogens is 292 g/mol. The smallest absolute Gasteiger partial charge is 0.360 e. The Morgan fingerprint density at radius 1 is 1.47 bits per heavy atom. The van der Waals surface area contributed by atoms with Crippen molar-refractivity contribution in [2.75, 3.05) is 6.61 Å². The number of carbonyl (C=O) groups is 1. The highest BCUT2D eigenvalue weighted by Gasteiger charge is 2.27. The quantitative estimate of drug-likeness (QED) is 0.494. The predicted octanol–water partition coefficient (Wildman–Crippen LogP) is 2.24. The molecule has 1 N–H and O–H groups in total. The lowest BCUT2D eigenvalue weighted by Gasteiger charge is -2.05. The zero-order chi connectivity index (χ0) is 14.6. The highest BCUT2D eigenvalue weighted by atomic mass is 35.7. The Kier molecular flexibility index (Phi) is 5.37. The number of rotatable bonds is 6. The highest BCUT2D eigenvalue weighted by molar-refractivity contribution is 8.13. The summed E-state index contributed by atoms with van der Waals surface area (Å²) in [5, 5.41) is 6.05. The molecule has 0 unspecified atom stereocenters. The van der Waals surface area contributed by atoms with E-state index < -0.39 is 15.0 Å². The molecule has 0 aliphatic rings. The lowest BCUT2D eigenvalue weighted by Crippen LogP contribution is -2.11. The Hall–Kier alpha value is -1.08. The Morgan fingerprint density at radius 2 is 2.11 bits per heavy atom. The number of nitrogens with one attached hydrogen (secondary N) is 1. The standard InChI is InChI=1S/C11H17ClN2O4S/c1-7(2)5-4-6-18-11(15)9-10(19(12,16)17)8(3)13-14-9/h7H,4-6H2,1-3H3,(H,13,14). The molecular formula is C11H17ClN2O4S. The second-order valence-electron chi connectivity index (χ2n) is 4.64. The van der Waals surface area contributed by atoms with Crippen LogP contribution in [-0.2, 0) is 13.8 Å². The van der Waals surface area contributed by atoms with E-state index in [1.54, 1.807) is 0 Å². The number of aromatic amines is 1. The van der Waals surface area contributed by atoms with E-state index in [9.17, 15) is 13.2 Å². The first-order chi connectivity index (χ1) is 8.73. The first kappa shape index (κ1) is 16.0. The summed E-state index contributed by atoms with van der Waals surface area (Å²) in [7, 11) is 1.23. The number of aromatic nitrogens is 2. The lowest BCUT2D eigenvalue weighted by atomic mass is 10.1. The molecule has 0 aliphatic heterocycles. The molecule has 1 heterocycles. The Labute approximate surface area is 116 Å². The summed E-state index contributed by atoms with van der Waals surface area (Å²) >= 11 is 0. The van der Waals surface area contributed by atoms with Gasteiger partial charge in [-0.25, -0.2) is 13.2 Å². The molecule has 0 spiro atoms. The predicted molar refractivity (Wildman–Crippen MR) is 70.7 cm³/mol. The Balaban J connectivity index is 2.74. The van der Waals surface area contributed by atoms with Crippen LogP contribution in [0.3, 0.4) is 0 Å². The van der Waals surface area contributed by atoms with Gasteiger partial charge < -0.3 is 4.74 Å². The lowest BCUT2D eigenvalue weighted by molar-refractivity contribution is 0.0483. The van der Waals surface area contributed by atoms with Gasteiger partial charge in [0.1, 0.15) is 4.90 Å². The van der Waals surface area contributed by atoms with Crippen molar-refractivity contribution in [3.63, 3.8) is 0 Å². The van der Waals surface area contributed by atoms with E-state index in [1.807, 2.05) is 0 Å². The minimum Gasteiger partial charge on any atom is -0.461 e. The third-order valence-electron chi connectivity index (χ3n) is 2.49. The number of halogens is 1. The van der Waals surface area contributed by atoms with E-state index in [1.165, 1.54) is 6.92 Å². The number of hydrogen-bond acceptors (Lipinski definition) is 5. The molecule has 0 atom stereocenters. The van der Waals surface area contributed by atoms with E-state index in [-0.39, 0.29) is 22.9 Å². The van der Waals surface area contributed by atoms with Crippen molar-refractivity contribution in [3.8, 4) is 0 Å². The molecule has 19 heavy (non-hydrogen) atoms. The Bertz CT molecular complexity index is 551. The van der Waals surface area contributed by atoms with Crippen LogP contribution in [0.1, 0.15) is 42.9 Å². The molecule has 0 saturated carbocycles. The topological polar surface area (TPSA) is 89.1 Å². The number of hydrogen-bond donors (Lipinski definition) is 1. The van der Waals surface area contributed by atoms with Gasteiger partial charge in [-0.15, -0.1) is 0 Å². The SMILES string of the molecule is Cc1[nH]nc(C(=O)OCCCC(C)C)c1S(=O)(=O)Cl. The molecule has 1 aromatic rings. The molecule has 0 aromatic carbocycles. The van der Waals surface area contributed by atoms with Gasteiger partial charge in [-0.1, -0.05) is 13.8 Å². The van der Waals surface area contributed by atoms with Gasteiger partial charge in [0, 0.05) is 10.7 Å². The van der Waals surface area contributed by atoms with E-state index in [0.29, 0.717) is 5.92 Å². The molecule has 8 heteroatoms. The van der Waals surface area contributed by atoms with Crippen molar-refractivity contribution in [1.29, 1.82) is 0 Å². The minimum atomic E-state index is -4.03. The fourth-order valence-corrected chi connectivity index (χ4v) is 2.92. The maximum atomic E-state index is 11.7. The summed E-state index contributed by atoms with van der Waals surface area (Å²) in [4.78, 5) is 11.4. The van der Waals surface area contributed by atoms with Gasteiger partial charge in [0.05, 0.1) is 12.3 Å². The number of H-pyrrole nitrogens is 1. The van der Waals surface area contributed by atoms with Gasteiger partial charge in [-0.05, 0) is 25.7 Å². The van der Waals surface area contributed by atoms with Crippen molar-refractivity contribution in [1.82, 2.24) is 10.2 Å². The van der Waals surface area contributed by atoms with Crippen LogP contribution in [-0.4, -0.2) is 31.2 Å². The molecule has 1 rings (SSSR count). The number of ether oxygens (including phenoxy) is 1. The van der Waals surface area contributed by atoms with Gasteiger partial charge in [0.15, 0.2) is 5.69 Å². The van der Waals surface area contributed by atoms with Crippen molar-refractivity contribution in [3.05, 3.63) is 11.4 Å². The average molecular weight is 309 g/mol. The van der Waals surface area contributed by atoms with Crippen molar-refractivity contribution in [2.24, 2.45) is 5.92 Å². The average Bonchev–Trinajstić information content (AvgIpc) is 2.65. The van der Waals surface area contributed by atoms with Gasteiger partial charge >= 0.3 is 5.97 Å². The summed E-state index contributed by atoms with van der Waals surface area (Å²) in [6.07, 6.45) is 1.64. The van der Waals surface area contributed by atoms with Crippen LogP contribution in [0.15, 0.2) is 4.90 Å². The molecule has 6 nitrogen and oxygen atoms in total. The second kappa shape index (κ2) is 6.38. The third kappa shape index (κ3) is 4.50. The largest absolute Gasteiger partial charge is 0.461 e. The molecule has 0 amide bonds. The van der Waals surface area contributed by atoms with Crippen LogP contribution >= 0.6 is 10.7 Å². The zero-order valence-electron chi connectivity index (χ0n) is 11.1. The molecule has 0 bridgehead atoms. The van der Waals surface area contributed by atoms with Crippen molar-refractivity contribution >= 4 is 25.7 Å². The summed E-state index contributed by atoms with van der Waals surface area (Å²) in [5.74, 6) is -0.266. The molecule has 0 radical (unpaired) electrons.